The summed E-state index contributed by atoms with van der Waals surface area (Å²) in [5, 5.41) is 2.41. The number of nitrogens with one attached hydrogen (secondary N) is 1. The molecule has 0 bridgehead atoms. The van der Waals surface area contributed by atoms with Gasteiger partial charge < -0.3 is 34.4 Å². The first-order valence-electron chi connectivity index (χ1n) is 12.2. The lowest BCUT2D eigenvalue weighted by Crippen LogP contribution is -2.56. The highest BCUT2D eigenvalue weighted by Gasteiger charge is 2.35. The third-order valence-electron chi connectivity index (χ3n) is 5.77. The largest absolute Gasteiger partial charge is 0.481 e. The number of ether oxygens (including phenoxy) is 2. The van der Waals surface area contributed by atoms with Crippen LogP contribution in [0.4, 0.5) is 4.79 Å². The molecular weight excluding hydrogens is 517 g/mol. The molecule has 1 saturated heterocycles. The van der Waals surface area contributed by atoms with Gasteiger partial charge in [-0.2, -0.15) is 4.98 Å². The third-order valence-corrected chi connectivity index (χ3v) is 6.61. The number of carbonyl (C=O) groups excluding carboxylic acids is 3. The smallest absolute Gasteiger partial charge is 0.409 e. The van der Waals surface area contributed by atoms with Crippen LogP contribution in [-0.2, 0) is 14.1 Å². The second kappa shape index (κ2) is 13.3. The summed E-state index contributed by atoms with van der Waals surface area (Å²) in [5.41, 5.74) is 0.480. The highest BCUT2D eigenvalue weighted by Crippen LogP contribution is 2.35. The van der Waals surface area contributed by atoms with Crippen LogP contribution in [0.2, 0.25) is 0 Å². The first kappa shape index (κ1) is 29.0. The lowest BCUT2D eigenvalue weighted by Gasteiger charge is -2.36. The minimum Gasteiger partial charge on any atom is -0.481 e. The highest BCUT2D eigenvalue weighted by atomic mass is 31.2. The van der Waals surface area contributed by atoms with Crippen molar-refractivity contribution in [2.24, 2.45) is 0 Å². The second-order valence-electron chi connectivity index (χ2n) is 8.64. The van der Waals surface area contributed by atoms with Crippen LogP contribution < -0.4 is 10.1 Å². The molecule has 13 nitrogen and oxygen atoms in total. The summed E-state index contributed by atoms with van der Waals surface area (Å²) in [5.74, 6) is -1.20. The van der Waals surface area contributed by atoms with E-state index in [1.807, 2.05) is 13.0 Å². The molecule has 206 valence electrons. The Balaban J connectivity index is 1.73. The number of nitrogens with zero attached hydrogens (tertiary/aromatic N) is 4. The second-order valence-corrected chi connectivity index (χ2v) is 10.3. The zero-order valence-electron chi connectivity index (χ0n) is 21.3. The van der Waals surface area contributed by atoms with Gasteiger partial charge in [-0.25, -0.2) is 9.78 Å². The zero-order valence-corrected chi connectivity index (χ0v) is 22.2. The quantitative estimate of drug-likeness (QED) is 0.291. The Bertz CT molecular complexity index is 1170. The molecule has 0 aliphatic carbocycles. The molecule has 38 heavy (non-hydrogen) atoms. The predicted octanol–water partition coefficient (Wildman–Crippen LogP) is 1.51. The number of rotatable bonds is 10. The van der Waals surface area contributed by atoms with Gasteiger partial charge in [0, 0.05) is 37.8 Å². The van der Waals surface area contributed by atoms with Gasteiger partial charge in [-0.15, -0.1) is 0 Å². The normalized spacial score (nSPS) is 14.5. The van der Waals surface area contributed by atoms with Crippen molar-refractivity contribution in [1.82, 2.24) is 25.1 Å². The summed E-state index contributed by atoms with van der Waals surface area (Å²) in [6.45, 7) is 2.91. The van der Waals surface area contributed by atoms with Gasteiger partial charge in [-0.3, -0.25) is 14.2 Å². The van der Waals surface area contributed by atoms with Crippen LogP contribution >= 0.6 is 7.60 Å². The van der Waals surface area contributed by atoms with Crippen LogP contribution in [0, 0.1) is 0 Å². The third kappa shape index (κ3) is 8.23. The van der Waals surface area contributed by atoms with Crippen molar-refractivity contribution >= 4 is 25.5 Å². The number of hydrogen-bond donors (Lipinski definition) is 3. The minimum absolute atomic E-state index is 0.101. The van der Waals surface area contributed by atoms with E-state index in [0.717, 1.165) is 12.8 Å². The number of piperazine rings is 1. The van der Waals surface area contributed by atoms with Gasteiger partial charge in [-0.05, 0) is 6.42 Å². The summed E-state index contributed by atoms with van der Waals surface area (Å²) in [7, 11) is -3.32. The van der Waals surface area contributed by atoms with E-state index < -0.39 is 37.7 Å². The Labute approximate surface area is 220 Å². The van der Waals surface area contributed by atoms with Crippen molar-refractivity contribution in [3.05, 3.63) is 42.1 Å². The molecule has 3 rings (SSSR count). The molecule has 2 aromatic rings. The summed E-state index contributed by atoms with van der Waals surface area (Å²) in [4.78, 5) is 69.0. The molecule has 2 heterocycles. The van der Waals surface area contributed by atoms with Gasteiger partial charge in [0.15, 0.2) is 5.82 Å². The van der Waals surface area contributed by atoms with Crippen molar-refractivity contribution in [2.75, 3.05) is 46.1 Å². The molecule has 3 N–H and O–H groups in total. The van der Waals surface area contributed by atoms with Gasteiger partial charge in [-0.1, -0.05) is 43.7 Å². The monoisotopic (exact) mass is 549 g/mol. The summed E-state index contributed by atoms with van der Waals surface area (Å²) >= 11 is 0. The molecule has 0 unspecified atom stereocenters. The van der Waals surface area contributed by atoms with Gasteiger partial charge in [0.05, 0.1) is 19.9 Å². The molecule has 0 saturated carbocycles. The number of methoxy groups -OCH3 is 1. The Morgan fingerprint density at radius 1 is 1.08 bits per heavy atom. The predicted molar refractivity (Wildman–Crippen MR) is 137 cm³/mol. The molecule has 1 aromatic carbocycles. The van der Waals surface area contributed by atoms with E-state index in [-0.39, 0.29) is 43.6 Å². The van der Waals surface area contributed by atoms with E-state index in [9.17, 15) is 28.7 Å². The topological polar surface area (TPSA) is 171 Å². The molecule has 1 aliphatic heterocycles. The van der Waals surface area contributed by atoms with Crippen LogP contribution in [0.5, 0.6) is 5.88 Å². The number of benzene rings is 1. The van der Waals surface area contributed by atoms with Crippen molar-refractivity contribution in [1.29, 1.82) is 0 Å². The lowest BCUT2D eigenvalue weighted by atomic mass is 10.2. The first-order chi connectivity index (χ1) is 18.1. The first-order valence-corrected chi connectivity index (χ1v) is 14.0. The van der Waals surface area contributed by atoms with Crippen LogP contribution in [0.25, 0.3) is 11.4 Å². The fraction of sp³-hybridized carbons (Fsp3) is 0.458. The number of amides is 3. The Morgan fingerprint density at radius 3 is 2.34 bits per heavy atom. The van der Waals surface area contributed by atoms with Crippen LogP contribution in [0.15, 0.2) is 36.4 Å². The van der Waals surface area contributed by atoms with Gasteiger partial charge in [0.2, 0.25) is 11.8 Å². The fourth-order valence-corrected chi connectivity index (χ4v) is 4.47. The van der Waals surface area contributed by atoms with E-state index in [2.05, 4.69) is 15.3 Å². The molecule has 1 fully saturated rings. The molecule has 3 amide bonds. The number of carbonyl (C=O) groups is 3. The molecule has 1 aromatic heterocycles. The average Bonchev–Trinajstić information content (AvgIpc) is 2.91. The van der Waals surface area contributed by atoms with Gasteiger partial charge >= 0.3 is 13.7 Å². The summed E-state index contributed by atoms with van der Waals surface area (Å²) < 4.78 is 22.2. The van der Waals surface area contributed by atoms with E-state index in [1.54, 1.807) is 24.3 Å². The molecule has 0 spiro atoms. The Kier molecular flexibility index (Phi) is 10.2. The van der Waals surface area contributed by atoms with Crippen molar-refractivity contribution < 1.29 is 38.2 Å². The van der Waals surface area contributed by atoms with E-state index in [0.29, 0.717) is 12.2 Å². The van der Waals surface area contributed by atoms with Gasteiger partial charge in [0.1, 0.15) is 11.7 Å². The summed E-state index contributed by atoms with van der Waals surface area (Å²) in [6.07, 6.45) is 0.263. The molecule has 1 atom stereocenters. The number of unbranched alkanes of at least 4 members (excludes halogenated alkanes) is 1. The maximum Gasteiger partial charge on any atom is 0.409 e. The van der Waals surface area contributed by atoms with Crippen LogP contribution in [0.3, 0.4) is 0 Å². The summed E-state index contributed by atoms with van der Waals surface area (Å²) in [6, 6.07) is 8.60. The molecule has 1 aliphatic rings. The van der Waals surface area contributed by atoms with Crippen LogP contribution in [0.1, 0.15) is 30.3 Å². The Morgan fingerprint density at radius 2 is 1.74 bits per heavy atom. The fourth-order valence-electron chi connectivity index (χ4n) is 3.74. The number of hydrogen-bond acceptors (Lipinski definition) is 8. The van der Waals surface area contributed by atoms with E-state index >= 15 is 0 Å². The number of aromatic nitrogens is 2. The minimum atomic E-state index is -4.70. The van der Waals surface area contributed by atoms with Crippen molar-refractivity contribution in [3.8, 4) is 17.3 Å². The Hall–Kier alpha value is -3.54. The highest BCUT2D eigenvalue weighted by molar-refractivity contribution is 7.51. The van der Waals surface area contributed by atoms with E-state index in [4.69, 9.17) is 9.47 Å². The SMILES string of the molecule is CCCCOC(=O)N1CCN(C(=O)[C@H](CP(=O)(O)O)NC(=O)c2cc(OC)nc(-c3ccccc3)n2)CC1. The maximum atomic E-state index is 13.2. The maximum absolute atomic E-state index is 13.2. The van der Waals surface area contributed by atoms with Crippen LogP contribution in [-0.4, -0.2) is 99.6 Å². The lowest BCUT2D eigenvalue weighted by molar-refractivity contribution is -0.134. The van der Waals surface area contributed by atoms with Crippen molar-refractivity contribution in [2.45, 2.75) is 25.8 Å². The zero-order chi connectivity index (χ0) is 27.7. The molecule has 0 radical (unpaired) electrons. The van der Waals surface area contributed by atoms with Gasteiger partial charge in [0.25, 0.3) is 5.91 Å². The van der Waals surface area contributed by atoms with E-state index in [1.165, 1.54) is 23.0 Å². The average molecular weight is 550 g/mol. The molecular formula is C24H32N5O8P. The molecule has 14 heteroatoms. The van der Waals surface area contributed by atoms with Crippen molar-refractivity contribution in [3.63, 3.8) is 0 Å². The standard InChI is InChI=1S/C24H32N5O8P/c1-3-4-14-37-24(32)29-12-10-28(11-13-29)23(31)19(16-38(33,34)35)26-22(30)18-15-20(36-2)27-21(25-18)17-8-6-5-7-9-17/h5-9,15,19H,3-4,10-14,16H2,1-2H3,(H,26,30)(H2,33,34,35)/t19-/m0/s1.